The molecule has 0 radical (unpaired) electrons. The summed E-state index contributed by atoms with van der Waals surface area (Å²) in [4.78, 5) is 22.9. The van der Waals surface area contributed by atoms with Gasteiger partial charge in [-0.2, -0.15) is 0 Å². The summed E-state index contributed by atoms with van der Waals surface area (Å²) in [7, 11) is 1.48. The second kappa shape index (κ2) is 4.62. The van der Waals surface area contributed by atoms with E-state index in [2.05, 4.69) is 0 Å². The van der Waals surface area contributed by atoms with Gasteiger partial charge in [0.05, 0.1) is 13.0 Å². The Morgan fingerprint density at radius 3 is 3.00 bits per heavy atom. The predicted octanol–water partition coefficient (Wildman–Crippen LogP) is 1.33. The highest BCUT2D eigenvalue weighted by molar-refractivity contribution is 7.99. The number of pyridine rings is 1. The van der Waals surface area contributed by atoms with Gasteiger partial charge in [0.15, 0.2) is 5.75 Å². The number of thioether (sulfide) groups is 1. The number of carboxylic acid groups (broad SMARTS) is 1. The fourth-order valence-corrected chi connectivity index (χ4v) is 3.30. The van der Waals surface area contributed by atoms with Crippen LogP contribution in [-0.2, 0) is 10.7 Å². The first-order valence-corrected chi connectivity index (χ1v) is 6.36. The minimum Gasteiger partial charge on any atom is -0.494 e. The molecule has 0 bridgehead atoms. The van der Waals surface area contributed by atoms with E-state index in [4.69, 9.17) is 21.4 Å². The van der Waals surface area contributed by atoms with Crippen molar-refractivity contribution in [1.29, 1.82) is 0 Å². The van der Waals surface area contributed by atoms with Gasteiger partial charge in [-0.1, -0.05) is 0 Å². The van der Waals surface area contributed by atoms with Crippen LogP contribution in [0, 0.1) is 0 Å². The lowest BCUT2D eigenvalue weighted by atomic mass is 10.2. The molecule has 2 rings (SSSR count). The number of ether oxygens (including phenoxy) is 1. The zero-order chi connectivity index (χ0) is 12.6. The summed E-state index contributed by atoms with van der Waals surface area (Å²) in [6, 6.07) is 0.498. The van der Waals surface area contributed by atoms with E-state index in [0.29, 0.717) is 22.1 Å². The van der Waals surface area contributed by atoms with E-state index in [1.807, 2.05) is 0 Å². The normalized spacial score (nSPS) is 17.9. The van der Waals surface area contributed by atoms with Gasteiger partial charge in [0.25, 0.3) is 5.56 Å². The molecule has 1 aliphatic heterocycles. The second-order valence-electron chi connectivity index (χ2n) is 3.51. The van der Waals surface area contributed by atoms with E-state index in [0.717, 1.165) is 0 Å². The first kappa shape index (κ1) is 12.3. The number of halogens is 1. The SMILES string of the molecule is COc1c(CCl)cc(=O)n2c1SC[C@H]2C(=O)O. The Morgan fingerprint density at radius 1 is 1.76 bits per heavy atom. The molecule has 1 aliphatic rings. The minimum absolute atomic E-state index is 0.157. The smallest absolute Gasteiger partial charge is 0.327 e. The number of methoxy groups -OCH3 is 1. The van der Waals surface area contributed by atoms with Gasteiger partial charge in [-0.15, -0.1) is 23.4 Å². The van der Waals surface area contributed by atoms with Crippen molar-refractivity contribution < 1.29 is 14.6 Å². The van der Waals surface area contributed by atoms with Crippen molar-refractivity contribution in [3.8, 4) is 5.75 Å². The highest BCUT2D eigenvalue weighted by atomic mass is 35.5. The number of fused-ring (bicyclic) bond motifs is 1. The Morgan fingerprint density at radius 2 is 2.47 bits per heavy atom. The fourth-order valence-electron chi connectivity index (χ4n) is 1.79. The van der Waals surface area contributed by atoms with E-state index < -0.39 is 12.0 Å². The number of carbonyl (C=O) groups is 1. The van der Waals surface area contributed by atoms with E-state index in [1.54, 1.807) is 0 Å². The number of aromatic nitrogens is 1. The molecule has 1 N–H and O–H groups in total. The average molecular weight is 276 g/mol. The van der Waals surface area contributed by atoms with Gasteiger partial charge in [-0.05, 0) is 0 Å². The predicted molar refractivity (Wildman–Crippen MR) is 64.2 cm³/mol. The molecule has 17 heavy (non-hydrogen) atoms. The third-order valence-electron chi connectivity index (χ3n) is 2.56. The lowest BCUT2D eigenvalue weighted by Gasteiger charge is -2.13. The number of hydrogen-bond acceptors (Lipinski definition) is 4. The summed E-state index contributed by atoms with van der Waals surface area (Å²) >= 11 is 7.03. The van der Waals surface area contributed by atoms with Crippen LogP contribution in [-0.4, -0.2) is 28.5 Å². The van der Waals surface area contributed by atoms with Crippen LogP contribution >= 0.6 is 23.4 Å². The molecule has 0 saturated carbocycles. The van der Waals surface area contributed by atoms with Crippen molar-refractivity contribution in [2.75, 3.05) is 12.9 Å². The van der Waals surface area contributed by atoms with Crippen LogP contribution < -0.4 is 10.3 Å². The van der Waals surface area contributed by atoms with E-state index in [-0.39, 0.29) is 11.4 Å². The fraction of sp³-hybridized carbons (Fsp3) is 0.400. The van der Waals surface area contributed by atoms with Crippen LogP contribution in [0.2, 0.25) is 0 Å². The number of rotatable bonds is 3. The number of nitrogens with zero attached hydrogens (tertiary/aromatic N) is 1. The van der Waals surface area contributed by atoms with Crippen molar-refractivity contribution in [3.05, 3.63) is 22.0 Å². The van der Waals surface area contributed by atoms with Gasteiger partial charge in [-0.3, -0.25) is 9.36 Å². The molecule has 7 heteroatoms. The zero-order valence-electron chi connectivity index (χ0n) is 8.97. The van der Waals surface area contributed by atoms with Gasteiger partial charge in [0.1, 0.15) is 11.1 Å². The first-order valence-electron chi connectivity index (χ1n) is 4.84. The topological polar surface area (TPSA) is 68.5 Å². The van der Waals surface area contributed by atoms with E-state index in [9.17, 15) is 9.59 Å². The average Bonchev–Trinajstić information content (AvgIpc) is 2.73. The number of hydrogen-bond donors (Lipinski definition) is 1. The molecule has 2 heterocycles. The molecule has 0 aromatic carbocycles. The van der Waals surface area contributed by atoms with Crippen LogP contribution in [0.15, 0.2) is 15.9 Å². The quantitative estimate of drug-likeness (QED) is 0.843. The van der Waals surface area contributed by atoms with Gasteiger partial charge < -0.3 is 9.84 Å². The van der Waals surface area contributed by atoms with Gasteiger partial charge in [0.2, 0.25) is 0 Å². The third kappa shape index (κ3) is 1.91. The Labute approximate surface area is 106 Å². The van der Waals surface area contributed by atoms with E-state index in [1.165, 1.54) is 29.5 Å². The lowest BCUT2D eigenvalue weighted by molar-refractivity contribution is -0.140. The molecule has 92 valence electrons. The summed E-state index contributed by atoms with van der Waals surface area (Å²) in [6.45, 7) is 0. The third-order valence-corrected chi connectivity index (χ3v) is 3.99. The molecule has 0 spiro atoms. The highest BCUT2D eigenvalue weighted by Crippen LogP contribution is 2.40. The van der Waals surface area contributed by atoms with Crippen LogP contribution in [0.3, 0.4) is 0 Å². The summed E-state index contributed by atoms with van der Waals surface area (Å²) in [5.41, 5.74) is 0.234. The Bertz CT molecular complexity index is 528. The number of aliphatic carboxylic acids is 1. The summed E-state index contributed by atoms with van der Waals surface area (Å²) in [5, 5.41) is 9.58. The Hall–Kier alpha value is -1.14. The summed E-state index contributed by atoms with van der Waals surface area (Å²) in [6.07, 6.45) is 0. The molecule has 0 unspecified atom stereocenters. The maximum absolute atomic E-state index is 11.8. The number of alkyl halides is 1. The molecule has 1 atom stereocenters. The lowest BCUT2D eigenvalue weighted by Crippen LogP contribution is -2.28. The van der Waals surface area contributed by atoms with Crippen LogP contribution in [0.25, 0.3) is 0 Å². The maximum Gasteiger partial charge on any atom is 0.327 e. The first-order chi connectivity index (χ1) is 8.10. The minimum atomic E-state index is -1.01. The molecular weight excluding hydrogens is 266 g/mol. The number of carboxylic acids is 1. The Kier molecular flexibility index (Phi) is 3.35. The van der Waals surface area contributed by atoms with Crippen LogP contribution in [0.4, 0.5) is 0 Å². The van der Waals surface area contributed by atoms with Crippen molar-refractivity contribution >= 4 is 29.3 Å². The molecule has 1 aromatic rings. The Balaban J connectivity index is 2.67. The molecule has 5 nitrogen and oxygen atoms in total. The second-order valence-corrected chi connectivity index (χ2v) is 4.79. The standard InChI is InChI=1S/C10H10ClNO4S/c1-16-8-5(3-11)2-7(13)12-6(10(14)15)4-17-9(8)12/h2,6H,3-4H2,1H3,(H,14,15)/t6-/m0/s1. The monoisotopic (exact) mass is 275 g/mol. The van der Waals surface area contributed by atoms with Crippen LogP contribution in [0.5, 0.6) is 5.75 Å². The maximum atomic E-state index is 11.8. The molecular formula is C10H10ClNO4S. The van der Waals surface area contributed by atoms with Gasteiger partial charge in [-0.25, -0.2) is 4.79 Å². The largest absolute Gasteiger partial charge is 0.494 e. The van der Waals surface area contributed by atoms with Gasteiger partial charge in [0, 0.05) is 17.4 Å². The summed E-state index contributed by atoms with van der Waals surface area (Å²) in [5.74, 6) is -0.0376. The molecule has 1 aromatic heterocycles. The molecule has 0 aliphatic carbocycles. The zero-order valence-corrected chi connectivity index (χ0v) is 10.5. The highest BCUT2D eigenvalue weighted by Gasteiger charge is 2.33. The molecule has 0 saturated heterocycles. The van der Waals surface area contributed by atoms with E-state index >= 15 is 0 Å². The summed E-state index contributed by atoms with van der Waals surface area (Å²) < 4.78 is 6.46. The van der Waals surface area contributed by atoms with Crippen molar-refractivity contribution in [2.45, 2.75) is 16.9 Å². The molecule has 0 amide bonds. The van der Waals surface area contributed by atoms with Crippen molar-refractivity contribution in [3.63, 3.8) is 0 Å². The molecule has 0 fully saturated rings. The van der Waals surface area contributed by atoms with Crippen molar-refractivity contribution in [2.24, 2.45) is 0 Å². The van der Waals surface area contributed by atoms with Crippen LogP contribution in [0.1, 0.15) is 11.6 Å². The van der Waals surface area contributed by atoms with Crippen molar-refractivity contribution in [1.82, 2.24) is 4.57 Å². The van der Waals surface area contributed by atoms with Gasteiger partial charge >= 0.3 is 5.97 Å².